The summed E-state index contributed by atoms with van der Waals surface area (Å²) in [7, 11) is 0. The summed E-state index contributed by atoms with van der Waals surface area (Å²) in [5.41, 5.74) is 4.62. The van der Waals surface area contributed by atoms with E-state index in [9.17, 15) is 0 Å². The van der Waals surface area contributed by atoms with Crippen LogP contribution >= 0.6 is 34.2 Å². The van der Waals surface area contributed by atoms with Crippen molar-refractivity contribution >= 4 is 39.8 Å². The van der Waals surface area contributed by atoms with Crippen LogP contribution in [0.15, 0.2) is 78.9 Å². The lowest BCUT2D eigenvalue weighted by Gasteiger charge is -2.11. The molecule has 25 heavy (non-hydrogen) atoms. The van der Waals surface area contributed by atoms with Gasteiger partial charge in [-0.3, -0.25) is 0 Å². The molecule has 0 radical (unpaired) electrons. The zero-order chi connectivity index (χ0) is 17.6. The molecule has 3 rings (SSSR count). The Morgan fingerprint density at radius 2 is 1.60 bits per heavy atom. The van der Waals surface area contributed by atoms with Crippen LogP contribution in [0, 0.1) is 10.5 Å². The molecule has 0 aliphatic carbocycles. The van der Waals surface area contributed by atoms with Crippen LogP contribution in [0.2, 0.25) is 5.02 Å². The smallest absolute Gasteiger partial charge is 0.120 e. The summed E-state index contributed by atoms with van der Waals surface area (Å²) in [6.45, 7) is 2.57. The van der Waals surface area contributed by atoms with E-state index in [1.807, 2.05) is 42.5 Å². The van der Waals surface area contributed by atoms with Crippen molar-refractivity contribution in [3.05, 3.63) is 104 Å². The molecular formula is C22H18ClIO. The number of aryl methyl sites for hydroxylation is 1. The highest BCUT2D eigenvalue weighted by Gasteiger charge is 2.05. The monoisotopic (exact) mass is 460 g/mol. The first-order valence-electron chi connectivity index (χ1n) is 8.03. The Morgan fingerprint density at radius 3 is 2.24 bits per heavy atom. The third kappa shape index (κ3) is 5.10. The molecule has 0 bridgehead atoms. The Kier molecular flexibility index (Phi) is 6.16. The van der Waals surface area contributed by atoms with E-state index in [4.69, 9.17) is 16.3 Å². The average molecular weight is 461 g/mol. The van der Waals surface area contributed by atoms with E-state index >= 15 is 0 Å². The average Bonchev–Trinajstić information content (AvgIpc) is 2.61. The topological polar surface area (TPSA) is 9.23 Å². The van der Waals surface area contributed by atoms with Gasteiger partial charge in [0.2, 0.25) is 0 Å². The lowest BCUT2D eigenvalue weighted by Crippen LogP contribution is -1.97. The number of rotatable bonds is 5. The van der Waals surface area contributed by atoms with E-state index in [1.54, 1.807) is 0 Å². The van der Waals surface area contributed by atoms with E-state index in [-0.39, 0.29) is 0 Å². The Morgan fingerprint density at radius 1 is 0.960 bits per heavy atom. The zero-order valence-corrected chi connectivity index (χ0v) is 16.8. The molecule has 0 aliphatic heterocycles. The second kappa shape index (κ2) is 8.54. The maximum absolute atomic E-state index is 6.04. The minimum absolute atomic E-state index is 0.507. The highest BCUT2D eigenvalue weighted by molar-refractivity contribution is 14.1. The summed E-state index contributed by atoms with van der Waals surface area (Å²) in [4.78, 5) is 0. The second-order valence-electron chi connectivity index (χ2n) is 5.76. The summed E-state index contributed by atoms with van der Waals surface area (Å²) in [5, 5.41) is 0.738. The summed E-state index contributed by atoms with van der Waals surface area (Å²) >= 11 is 8.35. The van der Waals surface area contributed by atoms with E-state index in [0.29, 0.717) is 6.61 Å². The third-order valence-corrected chi connectivity index (χ3v) is 4.81. The number of halogens is 2. The van der Waals surface area contributed by atoms with Crippen molar-refractivity contribution < 1.29 is 4.74 Å². The molecule has 0 amide bonds. The Hall–Kier alpha value is -1.78. The molecule has 0 aromatic heterocycles. The van der Waals surface area contributed by atoms with Gasteiger partial charge in [0.25, 0.3) is 0 Å². The van der Waals surface area contributed by atoms with Crippen LogP contribution in [0.4, 0.5) is 0 Å². The highest BCUT2D eigenvalue weighted by atomic mass is 127. The fraction of sp³-hybridized carbons (Fsp3) is 0.0909. The Bertz CT molecular complexity index is 820. The molecule has 0 saturated carbocycles. The standard InChI is InChI=1S/C22H18ClIO/c1-16-3-2-4-21(15-16)25-14-13-22(17-5-9-19(23)10-6-17)18-7-11-20(24)12-8-18/h2-13,15H,14H2,1H3. The third-order valence-electron chi connectivity index (χ3n) is 3.84. The van der Waals surface area contributed by atoms with Gasteiger partial charge < -0.3 is 4.74 Å². The Balaban J connectivity index is 1.87. The van der Waals surface area contributed by atoms with Crippen molar-refractivity contribution in [2.75, 3.05) is 6.61 Å². The van der Waals surface area contributed by atoms with Crippen molar-refractivity contribution in [1.82, 2.24) is 0 Å². The predicted molar refractivity (Wildman–Crippen MR) is 114 cm³/mol. The molecule has 126 valence electrons. The molecule has 0 unspecified atom stereocenters. The van der Waals surface area contributed by atoms with Crippen LogP contribution in [0.25, 0.3) is 5.57 Å². The van der Waals surface area contributed by atoms with Crippen LogP contribution in [0.1, 0.15) is 16.7 Å². The minimum Gasteiger partial charge on any atom is -0.490 e. The summed E-state index contributed by atoms with van der Waals surface area (Å²) in [6.07, 6.45) is 2.12. The van der Waals surface area contributed by atoms with Crippen molar-refractivity contribution in [1.29, 1.82) is 0 Å². The summed E-state index contributed by atoms with van der Waals surface area (Å²) in [5.74, 6) is 0.884. The molecule has 0 spiro atoms. The number of benzene rings is 3. The zero-order valence-electron chi connectivity index (χ0n) is 13.9. The van der Waals surface area contributed by atoms with E-state index in [1.165, 1.54) is 9.13 Å². The molecule has 1 nitrogen and oxygen atoms in total. The number of hydrogen-bond donors (Lipinski definition) is 0. The largest absolute Gasteiger partial charge is 0.490 e. The van der Waals surface area contributed by atoms with Gasteiger partial charge in [-0.15, -0.1) is 0 Å². The van der Waals surface area contributed by atoms with E-state index < -0.39 is 0 Å². The summed E-state index contributed by atoms with van der Waals surface area (Å²) in [6, 6.07) is 24.5. The first-order chi connectivity index (χ1) is 12.1. The molecular weight excluding hydrogens is 443 g/mol. The number of hydrogen-bond acceptors (Lipinski definition) is 1. The van der Waals surface area contributed by atoms with Gasteiger partial charge in [0, 0.05) is 8.59 Å². The van der Waals surface area contributed by atoms with Gasteiger partial charge in [-0.05, 0) is 94.3 Å². The molecule has 3 heteroatoms. The van der Waals surface area contributed by atoms with Crippen LogP contribution < -0.4 is 4.74 Å². The van der Waals surface area contributed by atoms with Crippen LogP contribution in [0.5, 0.6) is 5.75 Å². The molecule has 0 N–H and O–H groups in total. The van der Waals surface area contributed by atoms with Gasteiger partial charge in [-0.25, -0.2) is 0 Å². The molecule has 3 aromatic rings. The first-order valence-corrected chi connectivity index (χ1v) is 9.49. The number of ether oxygens (including phenoxy) is 1. The van der Waals surface area contributed by atoms with Gasteiger partial charge in [0.1, 0.15) is 12.4 Å². The maximum Gasteiger partial charge on any atom is 0.120 e. The first kappa shape index (κ1) is 18.0. The highest BCUT2D eigenvalue weighted by Crippen LogP contribution is 2.25. The maximum atomic E-state index is 6.04. The SMILES string of the molecule is Cc1cccc(OCC=C(c2ccc(Cl)cc2)c2ccc(I)cc2)c1. The molecule has 0 saturated heterocycles. The molecule has 0 atom stereocenters. The summed E-state index contributed by atoms with van der Waals surface area (Å²) < 4.78 is 7.12. The minimum atomic E-state index is 0.507. The van der Waals surface area contributed by atoms with Crippen LogP contribution in [-0.2, 0) is 0 Å². The van der Waals surface area contributed by atoms with Gasteiger partial charge in [-0.1, -0.05) is 48.0 Å². The molecule has 0 aliphatic rings. The lowest BCUT2D eigenvalue weighted by molar-refractivity contribution is 0.363. The second-order valence-corrected chi connectivity index (χ2v) is 7.44. The fourth-order valence-corrected chi connectivity index (χ4v) is 3.07. The predicted octanol–water partition coefficient (Wildman–Crippen LogP) is 6.76. The van der Waals surface area contributed by atoms with E-state index in [0.717, 1.165) is 27.5 Å². The van der Waals surface area contributed by atoms with Crippen molar-refractivity contribution in [3.8, 4) is 5.75 Å². The van der Waals surface area contributed by atoms with Crippen molar-refractivity contribution in [2.45, 2.75) is 6.92 Å². The molecule has 0 fully saturated rings. The molecule has 0 heterocycles. The van der Waals surface area contributed by atoms with Gasteiger partial charge in [0.15, 0.2) is 0 Å². The quantitative estimate of drug-likeness (QED) is 0.382. The van der Waals surface area contributed by atoms with Crippen molar-refractivity contribution in [3.63, 3.8) is 0 Å². The fourth-order valence-electron chi connectivity index (χ4n) is 2.59. The van der Waals surface area contributed by atoms with E-state index in [2.05, 4.69) is 65.9 Å². The van der Waals surface area contributed by atoms with Crippen molar-refractivity contribution in [2.24, 2.45) is 0 Å². The normalized spacial score (nSPS) is 11.4. The lowest BCUT2D eigenvalue weighted by atomic mass is 9.98. The van der Waals surface area contributed by atoms with Crippen LogP contribution in [0.3, 0.4) is 0 Å². The van der Waals surface area contributed by atoms with Gasteiger partial charge in [-0.2, -0.15) is 0 Å². The van der Waals surface area contributed by atoms with Gasteiger partial charge in [0.05, 0.1) is 0 Å². The van der Waals surface area contributed by atoms with Crippen LogP contribution in [-0.4, -0.2) is 6.61 Å². The van der Waals surface area contributed by atoms with Gasteiger partial charge >= 0.3 is 0 Å². The molecule has 3 aromatic carbocycles. The Labute approximate surface area is 167 Å².